The van der Waals surface area contributed by atoms with Crippen LogP contribution >= 0.6 is 0 Å². The molecule has 4 rings (SSSR count). The number of pyridine rings is 2. The molecule has 6 nitrogen and oxygen atoms in total. The van der Waals surface area contributed by atoms with Crippen LogP contribution in [0.1, 0.15) is 30.4 Å². The molecular weight excluding hydrogens is 352 g/mol. The van der Waals surface area contributed by atoms with E-state index in [1.807, 2.05) is 12.1 Å². The standard InChI is InChI=1S/C22H24N4O2/c1-14-6-7-15(2)17(11-14)18-12-16-13-23-9-8-19(16)24-21(18)26-22(27)25-20-5-3-4-10-28-20/h6-9,11-13,20H,3-5,10H2,1-2H3,(H2,24,25,26,27). The number of carbonyl (C=O) groups is 1. The lowest BCUT2D eigenvalue weighted by Gasteiger charge is -2.23. The molecule has 2 aromatic heterocycles. The van der Waals surface area contributed by atoms with E-state index in [4.69, 9.17) is 9.72 Å². The zero-order valence-electron chi connectivity index (χ0n) is 16.2. The van der Waals surface area contributed by atoms with Crippen molar-refractivity contribution >= 4 is 22.8 Å². The van der Waals surface area contributed by atoms with Crippen molar-refractivity contribution in [2.45, 2.75) is 39.3 Å². The highest BCUT2D eigenvalue weighted by Gasteiger charge is 2.18. The van der Waals surface area contributed by atoms with Crippen LogP contribution in [-0.4, -0.2) is 28.8 Å². The molecule has 28 heavy (non-hydrogen) atoms. The summed E-state index contributed by atoms with van der Waals surface area (Å²) in [6, 6.07) is 9.84. The molecule has 1 atom stereocenters. The first-order chi connectivity index (χ1) is 13.6. The molecule has 0 bridgehead atoms. The highest BCUT2D eigenvalue weighted by atomic mass is 16.5. The van der Waals surface area contributed by atoms with Crippen LogP contribution in [0.15, 0.2) is 42.7 Å². The van der Waals surface area contributed by atoms with Crippen LogP contribution in [-0.2, 0) is 4.74 Å². The van der Waals surface area contributed by atoms with Crippen molar-refractivity contribution in [1.82, 2.24) is 15.3 Å². The van der Waals surface area contributed by atoms with E-state index < -0.39 is 0 Å². The average Bonchev–Trinajstić information content (AvgIpc) is 2.70. The Labute approximate surface area is 164 Å². The number of anilines is 1. The van der Waals surface area contributed by atoms with Gasteiger partial charge in [-0.15, -0.1) is 0 Å². The summed E-state index contributed by atoms with van der Waals surface area (Å²) in [5.41, 5.74) is 4.98. The minimum absolute atomic E-state index is 0.248. The Balaban J connectivity index is 1.71. The zero-order valence-corrected chi connectivity index (χ0v) is 16.2. The van der Waals surface area contributed by atoms with E-state index >= 15 is 0 Å². The van der Waals surface area contributed by atoms with Crippen LogP contribution in [0.2, 0.25) is 0 Å². The van der Waals surface area contributed by atoms with Crippen molar-refractivity contribution in [2.24, 2.45) is 0 Å². The van der Waals surface area contributed by atoms with Crippen LogP contribution in [0, 0.1) is 13.8 Å². The van der Waals surface area contributed by atoms with Gasteiger partial charge in [0.15, 0.2) is 0 Å². The number of aryl methyl sites for hydroxylation is 2. The lowest BCUT2D eigenvalue weighted by Crippen LogP contribution is -2.41. The molecule has 1 fully saturated rings. The predicted octanol–water partition coefficient (Wildman–Crippen LogP) is 4.56. The van der Waals surface area contributed by atoms with Crippen LogP contribution in [0.3, 0.4) is 0 Å². The van der Waals surface area contributed by atoms with Gasteiger partial charge in [0.1, 0.15) is 12.0 Å². The Morgan fingerprint density at radius 2 is 2.04 bits per heavy atom. The fourth-order valence-electron chi connectivity index (χ4n) is 3.49. The molecule has 1 aliphatic heterocycles. The van der Waals surface area contributed by atoms with Gasteiger partial charge in [0.05, 0.1) is 5.52 Å². The molecule has 0 aliphatic carbocycles. The Bertz CT molecular complexity index is 1010. The van der Waals surface area contributed by atoms with Crippen molar-refractivity contribution in [3.63, 3.8) is 0 Å². The average molecular weight is 376 g/mol. The van der Waals surface area contributed by atoms with Crippen molar-refractivity contribution in [3.05, 3.63) is 53.9 Å². The first-order valence-electron chi connectivity index (χ1n) is 9.62. The first kappa shape index (κ1) is 18.4. The number of nitrogens with one attached hydrogen (secondary N) is 2. The van der Waals surface area contributed by atoms with E-state index in [0.29, 0.717) is 12.4 Å². The maximum absolute atomic E-state index is 12.6. The second-order valence-electron chi connectivity index (χ2n) is 7.22. The third-order valence-electron chi connectivity index (χ3n) is 5.00. The van der Waals surface area contributed by atoms with Gasteiger partial charge in [-0.1, -0.05) is 23.8 Å². The number of ether oxygens (including phenoxy) is 1. The summed E-state index contributed by atoms with van der Waals surface area (Å²) in [6.45, 7) is 4.79. The minimum Gasteiger partial charge on any atom is -0.358 e. The van der Waals surface area contributed by atoms with Crippen molar-refractivity contribution < 1.29 is 9.53 Å². The third kappa shape index (κ3) is 3.97. The Hall–Kier alpha value is -2.99. The smallest absolute Gasteiger partial charge is 0.322 e. The SMILES string of the molecule is Cc1ccc(C)c(-c2cc3cnccc3nc2NC(=O)NC2CCCCO2)c1. The second-order valence-corrected chi connectivity index (χ2v) is 7.22. The van der Waals surface area contributed by atoms with E-state index in [1.54, 1.807) is 12.4 Å². The van der Waals surface area contributed by atoms with Gasteiger partial charge >= 0.3 is 6.03 Å². The number of aromatic nitrogens is 2. The van der Waals surface area contributed by atoms with Gasteiger partial charge in [-0.2, -0.15) is 0 Å². The van der Waals surface area contributed by atoms with Gasteiger partial charge in [0, 0.05) is 30.0 Å². The van der Waals surface area contributed by atoms with E-state index in [2.05, 4.69) is 47.7 Å². The van der Waals surface area contributed by atoms with Crippen molar-refractivity contribution in [2.75, 3.05) is 11.9 Å². The van der Waals surface area contributed by atoms with Crippen LogP contribution in [0.4, 0.5) is 10.6 Å². The fourth-order valence-corrected chi connectivity index (χ4v) is 3.49. The van der Waals surface area contributed by atoms with Gasteiger partial charge < -0.3 is 10.1 Å². The summed E-state index contributed by atoms with van der Waals surface area (Å²) in [5.74, 6) is 0.528. The number of amides is 2. The Morgan fingerprint density at radius 1 is 1.14 bits per heavy atom. The summed E-state index contributed by atoms with van der Waals surface area (Å²) in [7, 11) is 0. The number of urea groups is 1. The number of fused-ring (bicyclic) bond motifs is 1. The maximum Gasteiger partial charge on any atom is 0.322 e. The summed E-state index contributed by atoms with van der Waals surface area (Å²) in [4.78, 5) is 21.5. The van der Waals surface area contributed by atoms with Gasteiger partial charge in [-0.3, -0.25) is 10.3 Å². The summed E-state index contributed by atoms with van der Waals surface area (Å²) >= 11 is 0. The number of hydrogen-bond acceptors (Lipinski definition) is 4. The summed E-state index contributed by atoms with van der Waals surface area (Å²) in [5, 5.41) is 6.76. The highest BCUT2D eigenvalue weighted by Crippen LogP contribution is 2.32. The fraction of sp³-hybridized carbons (Fsp3) is 0.318. The predicted molar refractivity (Wildman–Crippen MR) is 110 cm³/mol. The van der Waals surface area contributed by atoms with Gasteiger partial charge in [0.2, 0.25) is 0 Å². The highest BCUT2D eigenvalue weighted by molar-refractivity contribution is 5.97. The number of nitrogens with zero attached hydrogens (tertiary/aromatic N) is 2. The molecule has 0 radical (unpaired) electrons. The monoisotopic (exact) mass is 376 g/mol. The molecule has 6 heteroatoms. The molecular formula is C22H24N4O2. The molecule has 3 aromatic rings. The third-order valence-corrected chi connectivity index (χ3v) is 5.00. The molecule has 2 amide bonds. The van der Waals surface area contributed by atoms with Gasteiger partial charge in [0.25, 0.3) is 0 Å². The molecule has 1 unspecified atom stereocenters. The normalized spacial score (nSPS) is 16.7. The van der Waals surface area contributed by atoms with E-state index in [1.165, 1.54) is 0 Å². The van der Waals surface area contributed by atoms with Crippen LogP contribution < -0.4 is 10.6 Å². The molecule has 1 saturated heterocycles. The number of rotatable bonds is 3. The maximum atomic E-state index is 12.6. The number of benzene rings is 1. The molecule has 144 valence electrons. The molecule has 0 saturated carbocycles. The molecule has 3 heterocycles. The number of carbonyl (C=O) groups excluding carboxylic acids is 1. The van der Waals surface area contributed by atoms with Crippen LogP contribution in [0.5, 0.6) is 0 Å². The van der Waals surface area contributed by atoms with E-state index in [9.17, 15) is 4.79 Å². The quantitative estimate of drug-likeness (QED) is 0.702. The molecule has 0 spiro atoms. The van der Waals surface area contributed by atoms with Crippen molar-refractivity contribution in [1.29, 1.82) is 0 Å². The van der Waals surface area contributed by atoms with Gasteiger partial charge in [-0.05, 0) is 56.4 Å². The van der Waals surface area contributed by atoms with E-state index in [0.717, 1.165) is 52.4 Å². The first-order valence-corrected chi connectivity index (χ1v) is 9.62. The lowest BCUT2D eigenvalue weighted by atomic mass is 9.98. The largest absolute Gasteiger partial charge is 0.358 e. The van der Waals surface area contributed by atoms with Crippen LogP contribution in [0.25, 0.3) is 22.0 Å². The minimum atomic E-state index is -0.306. The number of hydrogen-bond donors (Lipinski definition) is 2. The molecule has 1 aromatic carbocycles. The summed E-state index contributed by atoms with van der Waals surface area (Å²) < 4.78 is 5.61. The second kappa shape index (κ2) is 7.94. The topological polar surface area (TPSA) is 76.1 Å². The Kier molecular flexibility index (Phi) is 5.21. The molecule has 1 aliphatic rings. The molecule has 2 N–H and O–H groups in total. The Morgan fingerprint density at radius 3 is 2.86 bits per heavy atom. The van der Waals surface area contributed by atoms with Gasteiger partial charge in [-0.25, -0.2) is 9.78 Å². The summed E-state index contributed by atoms with van der Waals surface area (Å²) in [6.07, 6.45) is 6.16. The van der Waals surface area contributed by atoms with Crippen molar-refractivity contribution in [3.8, 4) is 11.1 Å². The zero-order chi connectivity index (χ0) is 19.5. The van der Waals surface area contributed by atoms with E-state index in [-0.39, 0.29) is 12.3 Å². The lowest BCUT2D eigenvalue weighted by molar-refractivity contribution is 0.00342.